The second-order valence-corrected chi connectivity index (χ2v) is 6.83. The van der Waals surface area contributed by atoms with Crippen LogP contribution in [0.5, 0.6) is 0 Å². The van der Waals surface area contributed by atoms with Crippen LogP contribution in [0.15, 0.2) is 30.3 Å². The maximum atomic E-state index is 3.62. The van der Waals surface area contributed by atoms with Gasteiger partial charge in [-0.05, 0) is 49.9 Å². The molecular weight excluding hydrogens is 256 g/mol. The summed E-state index contributed by atoms with van der Waals surface area (Å²) in [6, 6.07) is 11.5. The molecule has 1 unspecified atom stereocenters. The average Bonchev–Trinajstić information content (AvgIpc) is 2.54. The van der Waals surface area contributed by atoms with Gasteiger partial charge in [-0.25, -0.2) is 0 Å². The van der Waals surface area contributed by atoms with Crippen LogP contribution in [0.3, 0.4) is 0 Å². The number of hydrogen-bond acceptors (Lipinski definition) is 2. The van der Waals surface area contributed by atoms with Crippen molar-refractivity contribution in [1.29, 1.82) is 0 Å². The molecule has 2 rings (SSSR count). The Morgan fingerprint density at radius 2 is 1.81 bits per heavy atom. The quantitative estimate of drug-likeness (QED) is 0.755. The molecule has 0 amide bonds. The van der Waals surface area contributed by atoms with Gasteiger partial charge in [0.2, 0.25) is 0 Å². The van der Waals surface area contributed by atoms with E-state index in [1.54, 1.807) is 0 Å². The van der Waals surface area contributed by atoms with Crippen molar-refractivity contribution >= 4 is 0 Å². The molecule has 0 aliphatic carbocycles. The van der Waals surface area contributed by atoms with Gasteiger partial charge >= 0.3 is 0 Å². The monoisotopic (exact) mass is 288 g/mol. The van der Waals surface area contributed by atoms with E-state index < -0.39 is 0 Å². The molecule has 1 aliphatic rings. The molecule has 21 heavy (non-hydrogen) atoms. The summed E-state index contributed by atoms with van der Waals surface area (Å²) in [7, 11) is 0. The number of hydrogen-bond donors (Lipinski definition) is 1. The van der Waals surface area contributed by atoms with Gasteiger partial charge in [0, 0.05) is 12.6 Å². The first-order valence-corrected chi connectivity index (χ1v) is 8.68. The molecule has 1 aromatic rings. The van der Waals surface area contributed by atoms with Gasteiger partial charge in [0.15, 0.2) is 0 Å². The second-order valence-electron chi connectivity index (χ2n) is 6.83. The predicted molar refractivity (Wildman–Crippen MR) is 91.5 cm³/mol. The highest BCUT2D eigenvalue weighted by atomic mass is 15.2. The molecule has 0 spiro atoms. The van der Waals surface area contributed by atoms with Gasteiger partial charge in [-0.1, -0.05) is 57.5 Å². The molecular formula is C19H32N2. The first kappa shape index (κ1) is 16.5. The summed E-state index contributed by atoms with van der Waals surface area (Å²) >= 11 is 0. The Labute approximate surface area is 130 Å². The maximum Gasteiger partial charge on any atom is 0.0472 e. The third kappa shape index (κ3) is 4.55. The zero-order valence-corrected chi connectivity index (χ0v) is 14.1. The zero-order chi connectivity index (χ0) is 15.1. The molecule has 1 aliphatic heterocycles. The molecule has 1 atom stereocenters. The molecule has 1 fully saturated rings. The van der Waals surface area contributed by atoms with Crippen LogP contribution in [0.2, 0.25) is 0 Å². The Hall–Kier alpha value is -0.860. The van der Waals surface area contributed by atoms with Crippen LogP contribution < -0.4 is 5.32 Å². The largest absolute Gasteiger partial charge is 0.315 e. The number of nitrogens with zero attached hydrogens (tertiary/aromatic N) is 1. The Morgan fingerprint density at radius 1 is 1.14 bits per heavy atom. The fraction of sp³-hybridized carbons (Fsp3) is 0.684. The van der Waals surface area contributed by atoms with Crippen molar-refractivity contribution in [3.63, 3.8) is 0 Å². The molecule has 1 saturated heterocycles. The van der Waals surface area contributed by atoms with E-state index in [9.17, 15) is 0 Å². The van der Waals surface area contributed by atoms with Gasteiger partial charge in [-0.15, -0.1) is 0 Å². The fourth-order valence-electron chi connectivity index (χ4n) is 3.28. The summed E-state index contributed by atoms with van der Waals surface area (Å²) in [6.45, 7) is 11.7. The second kappa shape index (κ2) is 7.95. The lowest BCUT2D eigenvalue weighted by molar-refractivity contribution is 0.0797. The summed E-state index contributed by atoms with van der Waals surface area (Å²) in [5.41, 5.74) is 2.02. The number of benzene rings is 1. The minimum absolute atomic E-state index is 0.527. The molecule has 0 saturated carbocycles. The van der Waals surface area contributed by atoms with Gasteiger partial charge in [-0.2, -0.15) is 0 Å². The number of nitrogens with one attached hydrogen (secondary N) is 1. The summed E-state index contributed by atoms with van der Waals surface area (Å²) in [6.07, 6.45) is 5.18. The van der Waals surface area contributed by atoms with E-state index in [0.717, 1.165) is 13.1 Å². The third-order valence-corrected chi connectivity index (χ3v) is 5.25. The van der Waals surface area contributed by atoms with Gasteiger partial charge in [0.05, 0.1) is 0 Å². The SMILES string of the molecule is CCCNCC(c1ccccc1)N1CCC(C)(CC)CC1. The summed E-state index contributed by atoms with van der Waals surface area (Å²) in [5, 5.41) is 3.62. The van der Waals surface area contributed by atoms with Gasteiger partial charge in [0.1, 0.15) is 0 Å². The number of likely N-dealkylation sites (tertiary alicyclic amines) is 1. The number of piperidine rings is 1. The lowest BCUT2D eigenvalue weighted by Crippen LogP contribution is -2.43. The van der Waals surface area contributed by atoms with E-state index >= 15 is 0 Å². The van der Waals surface area contributed by atoms with Gasteiger partial charge in [-0.3, -0.25) is 4.90 Å². The highest BCUT2D eigenvalue weighted by Crippen LogP contribution is 2.36. The summed E-state index contributed by atoms with van der Waals surface area (Å²) in [4.78, 5) is 2.69. The molecule has 2 nitrogen and oxygen atoms in total. The smallest absolute Gasteiger partial charge is 0.0472 e. The fourth-order valence-corrected chi connectivity index (χ4v) is 3.28. The third-order valence-electron chi connectivity index (χ3n) is 5.25. The normalized spacial score (nSPS) is 20.3. The van der Waals surface area contributed by atoms with Crippen molar-refractivity contribution in [2.45, 2.75) is 52.5 Å². The highest BCUT2D eigenvalue weighted by Gasteiger charge is 2.31. The van der Waals surface area contributed by atoms with E-state index in [1.165, 1.54) is 44.3 Å². The van der Waals surface area contributed by atoms with Gasteiger partial charge < -0.3 is 5.32 Å². The van der Waals surface area contributed by atoms with E-state index in [2.05, 4.69) is 61.3 Å². The van der Waals surface area contributed by atoms with Crippen LogP contribution >= 0.6 is 0 Å². The van der Waals surface area contributed by atoms with Crippen molar-refractivity contribution < 1.29 is 0 Å². The standard InChI is InChI=1S/C19H32N2/c1-4-13-20-16-18(17-9-7-6-8-10-17)21-14-11-19(3,5-2)12-15-21/h6-10,18,20H,4-5,11-16H2,1-3H3. The molecule has 1 heterocycles. The van der Waals surface area contributed by atoms with Crippen LogP contribution in [-0.2, 0) is 0 Å². The van der Waals surface area contributed by atoms with Crippen LogP contribution in [0.25, 0.3) is 0 Å². The van der Waals surface area contributed by atoms with E-state index in [1.807, 2.05) is 0 Å². The molecule has 118 valence electrons. The predicted octanol–water partition coefficient (Wildman–Crippen LogP) is 4.24. The van der Waals surface area contributed by atoms with Crippen molar-refractivity contribution in [2.24, 2.45) is 5.41 Å². The van der Waals surface area contributed by atoms with Crippen molar-refractivity contribution in [3.8, 4) is 0 Å². The molecule has 1 N–H and O–H groups in total. The van der Waals surface area contributed by atoms with Crippen LogP contribution in [0.4, 0.5) is 0 Å². The number of rotatable bonds is 7. The lowest BCUT2D eigenvalue weighted by atomic mass is 9.78. The Morgan fingerprint density at radius 3 is 2.38 bits per heavy atom. The summed E-state index contributed by atoms with van der Waals surface area (Å²) < 4.78 is 0. The molecule has 0 radical (unpaired) electrons. The lowest BCUT2D eigenvalue weighted by Gasteiger charge is -2.42. The maximum absolute atomic E-state index is 3.62. The summed E-state index contributed by atoms with van der Waals surface area (Å²) in [5.74, 6) is 0. The molecule has 0 aromatic heterocycles. The van der Waals surface area contributed by atoms with Crippen LogP contribution in [0, 0.1) is 5.41 Å². The van der Waals surface area contributed by atoms with Crippen molar-refractivity contribution in [2.75, 3.05) is 26.2 Å². The van der Waals surface area contributed by atoms with E-state index in [0.29, 0.717) is 11.5 Å². The topological polar surface area (TPSA) is 15.3 Å². The highest BCUT2D eigenvalue weighted by molar-refractivity contribution is 5.19. The first-order valence-electron chi connectivity index (χ1n) is 8.68. The zero-order valence-electron chi connectivity index (χ0n) is 14.1. The Bertz CT molecular complexity index is 393. The first-order chi connectivity index (χ1) is 10.2. The Kier molecular flexibility index (Phi) is 6.25. The van der Waals surface area contributed by atoms with Crippen molar-refractivity contribution in [1.82, 2.24) is 10.2 Å². The van der Waals surface area contributed by atoms with Crippen molar-refractivity contribution in [3.05, 3.63) is 35.9 Å². The van der Waals surface area contributed by atoms with Gasteiger partial charge in [0.25, 0.3) is 0 Å². The minimum atomic E-state index is 0.527. The minimum Gasteiger partial charge on any atom is -0.315 e. The van der Waals surface area contributed by atoms with E-state index in [-0.39, 0.29) is 0 Å². The average molecular weight is 288 g/mol. The van der Waals surface area contributed by atoms with E-state index in [4.69, 9.17) is 0 Å². The Balaban J connectivity index is 2.02. The van der Waals surface area contributed by atoms with Crippen LogP contribution in [0.1, 0.15) is 58.1 Å². The van der Waals surface area contributed by atoms with Crippen LogP contribution in [-0.4, -0.2) is 31.1 Å². The molecule has 0 bridgehead atoms. The molecule has 1 aromatic carbocycles. The molecule has 2 heteroatoms.